The topological polar surface area (TPSA) is 47.6 Å². The molecule has 15 rings (SSSR count). The molecule has 5 nitrogen and oxygen atoms in total. The van der Waals surface area contributed by atoms with Gasteiger partial charge in [0.2, 0.25) is 0 Å². The first-order chi connectivity index (χ1) is 28.7. The van der Waals surface area contributed by atoms with E-state index in [4.69, 9.17) is 13.3 Å². The van der Waals surface area contributed by atoms with Crippen molar-refractivity contribution < 1.29 is 13.3 Å². The second kappa shape index (κ2) is 10.2. The van der Waals surface area contributed by atoms with E-state index in [2.05, 4.69) is 155 Å². The molecule has 0 saturated carbocycles. The second-order valence-corrected chi connectivity index (χ2v) is 16.0. The summed E-state index contributed by atoms with van der Waals surface area (Å²) in [4.78, 5) is 2.46. The van der Waals surface area contributed by atoms with E-state index in [-0.39, 0.29) is 6.85 Å². The zero-order valence-electron chi connectivity index (χ0n) is 30.8. The Balaban J connectivity index is 1.17. The SMILES string of the molecule is c1ccc2cc3c(cc2c1)c1cccc2c1n3B1c3cc4oc5ccccc5c4cc3N(c3ccc4oc5ccccc5c4c3)c3cc4oc5ccccc5c4c-2c31. The summed E-state index contributed by atoms with van der Waals surface area (Å²) in [7, 11) is 0. The fraction of sp³-hybridized carbons (Fsp3) is 0. The summed E-state index contributed by atoms with van der Waals surface area (Å²) in [6.07, 6.45) is 0. The molecule has 0 atom stereocenters. The van der Waals surface area contributed by atoms with Gasteiger partial charge in [0, 0.05) is 82.8 Å². The van der Waals surface area contributed by atoms with Crippen molar-refractivity contribution in [3.63, 3.8) is 0 Å². The van der Waals surface area contributed by atoms with Gasteiger partial charge in [-0.2, -0.15) is 0 Å². The highest BCUT2D eigenvalue weighted by Gasteiger charge is 2.44. The molecule has 0 unspecified atom stereocenters. The van der Waals surface area contributed by atoms with Crippen molar-refractivity contribution in [2.75, 3.05) is 4.90 Å². The number of rotatable bonds is 1. The zero-order chi connectivity index (χ0) is 37.4. The molecule has 0 spiro atoms. The van der Waals surface area contributed by atoms with Crippen LogP contribution >= 0.6 is 0 Å². The minimum Gasteiger partial charge on any atom is -0.456 e. The fourth-order valence-corrected chi connectivity index (χ4v) is 10.8. The van der Waals surface area contributed by atoms with Crippen molar-refractivity contribution in [1.82, 2.24) is 4.48 Å². The Morgan fingerprint density at radius 1 is 0.414 bits per heavy atom. The lowest BCUT2D eigenvalue weighted by Crippen LogP contribution is -2.56. The molecule has 266 valence electrons. The third-order valence-electron chi connectivity index (χ3n) is 13.1. The van der Waals surface area contributed by atoms with Crippen molar-refractivity contribution in [3.8, 4) is 11.1 Å². The van der Waals surface area contributed by atoms with E-state index < -0.39 is 0 Å². The summed E-state index contributed by atoms with van der Waals surface area (Å²) in [6, 6.07) is 59.1. The first-order valence-electron chi connectivity index (χ1n) is 19.9. The molecule has 0 amide bonds. The van der Waals surface area contributed by atoms with Crippen molar-refractivity contribution in [2.45, 2.75) is 0 Å². The minimum absolute atomic E-state index is 0.165. The number of hydrogen-bond donors (Lipinski definition) is 0. The van der Waals surface area contributed by atoms with Crippen LogP contribution in [-0.2, 0) is 0 Å². The predicted octanol–water partition coefficient (Wildman–Crippen LogP) is 13.1. The van der Waals surface area contributed by atoms with Crippen LogP contribution in [-0.4, -0.2) is 11.3 Å². The smallest absolute Gasteiger partial charge is 0.333 e. The van der Waals surface area contributed by atoms with Gasteiger partial charge in [0.25, 0.3) is 0 Å². The number of hydrogen-bond acceptors (Lipinski definition) is 4. The van der Waals surface area contributed by atoms with Crippen LogP contribution in [0, 0.1) is 0 Å². The molecule has 0 N–H and O–H groups in total. The average molecular weight is 739 g/mol. The molecule has 6 heteroatoms. The summed E-state index contributed by atoms with van der Waals surface area (Å²) in [5, 5.41) is 11.6. The molecule has 0 aliphatic carbocycles. The molecule has 0 bridgehead atoms. The van der Waals surface area contributed by atoms with E-state index in [0.717, 1.165) is 82.9 Å². The van der Waals surface area contributed by atoms with E-state index in [1.54, 1.807) is 0 Å². The van der Waals surface area contributed by atoms with Crippen LogP contribution in [0.3, 0.4) is 0 Å². The maximum atomic E-state index is 6.86. The first-order valence-corrected chi connectivity index (χ1v) is 19.9. The van der Waals surface area contributed by atoms with Crippen molar-refractivity contribution in [3.05, 3.63) is 164 Å². The number of fused-ring (bicyclic) bond motifs is 18. The third-order valence-corrected chi connectivity index (χ3v) is 13.1. The second-order valence-electron chi connectivity index (χ2n) is 16.0. The van der Waals surface area contributed by atoms with Crippen LogP contribution in [0.5, 0.6) is 0 Å². The van der Waals surface area contributed by atoms with E-state index in [0.29, 0.717) is 0 Å². The Labute approximate surface area is 329 Å². The van der Waals surface area contributed by atoms with Gasteiger partial charge in [-0.05, 0) is 87.9 Å². The third kappa shape index (κ3) is 3.52. The molecule has 58 heavy (non-hydrogen) atoms. The maximum Gasteiger partial charge on any atom is 0.333 e. The number of benzene rings is 9. The molecule has 2 aliphatic rings. The predicted molar refractivity (Wildman–Crippen MR) is 239 cm³/mol. The van der Waals surface area contributed by atoms with Crippen LogP contribution in [0.2, 0.25) is 0 Å². The Bertz CT molecular complexity index is 4010. The number of nitrogens with zero attached hydrogens (tertiary/aromatic N) is 2. The molecule has 13 aromatic rings. The van der Waals surface area contributed by atoms with E-state index in [1.165, 1.54) is 54.6 Å². The normalized spacial score (nSPS) is 13.4. The van der Waals surface area contributed by atoms with Crippen LogP contribution in [0.1, 0.15) is 0 Å². The molecular weight excluding hydrogens is 711 g/mol. The zero-order valence-corrected chi connectivity index (χ0v) is 30.8. The molecular formula is C52H27BN2O3. The molecule has 0 radical (unpaired) electrons. The van der Waals surface area contributed by atoms with E-state index in [1.807, 2.05) is 18.2 Å². The standard InChI is InChI=1S/C52H27BN2O3/c1-2-11-29-23-40-36(22-28(29)10-1)33-15-9-16-35-50-49-34-14-5-8-19-45(34)58-48(49)27-42-51(50)53(55(40)52(33)35)39-26-47-38(32-13-4-7-18-44(32)57-47)25-41(39)54(42)30-20-21-46-37(24-30)31-12-3-6-17-43(31)56-46/h1-27H. The lowest BCUT2D eigenvalue weighted by atomic mass is 9.44. The monoisotopic (exact) mass is 738 g/mol. The van der Waals surface area contributed by atoms with Crippen molar-refractivity contribution in [1.29, 1.82) is 0 Å². The van der Waals surface area contributed by atoms with Gasteiger partial charge < -0.3 is 22.6 Å². The summed E-state index contributed by atoms with van der Waals surface area (Å²) < 4.78 is 22.6. The molecule has 0 fully saturated rings. The Kier molecular flexibility index (Phi) is 5.19. The van der Waals surface area contributed by atoms with Gasteiger partial charge in [-0.3, -0.25) is 0 Å². The van der Waals surface area contributed by atoms with Gasteiger partial charge in [-0.15, -0.1) is 0 Å². The fourth-order valence-electron chi connectivity index (χ4n) is 10.8. The summed E-state index contributed by atoms with van der Waals surface area (Å²) in [5.41, 5.74) is 15.9. The van der Waals surface area contributed by atoms with Gasteiger partial charge in [0.1, 0.15) is 33.5 Å². The number of anilines is 3. The lowest BCUT2D eigenvalue weighted by Gasteiger charge is -2.40. The molecule has 4 aromatic heterocycles. The number of para-hydroxylation sites is 4. The number of furan rings is 3. The van der Waals surface area contributed by atoms with Gasteiger partial charge in [-0.1, -0.05) is 97.1 Å². The molecule has 2 aliphatic heterocycles. The minimum atomic E-state index is -0.165. The van der Waals surface area contributed by atoms with Crippen LogP contribution in [0.4, 0.5) is 17.1 Å². The average Bonchev–Trinajstić information content (AvgIpc) is 4.02. The van der Waals surface area contributed by atoms with E-state index >= 15 is 0 Å². The van der Waals surface area contributed by atoms with Crippen LogP contribution < -0.4 is 15.8 Å². The summed E-state index contributed by atoms with van der Waals surface area (Å²) in [5.74, 6) is 0. The Hall–Kier alpha value is -7.70. The van der Waals surface area contributed by atoms with Crippen LogP contribution in [0.25, 0.3) is 110 Å². The highest BCUT2D eigenvalue weighted by Crippen LogP contribution is 2.51. The summed E-state index contributed by atoms with van der Waals surface area (Å²) >= 11 is 0. The van der Waals surface area contributed by atoms with Crippen molar-refractivity contribution >= 4 is 133 Å². The maximum absolute atomic E-state index is 6.86. The highest BCUT2D eigenvalue weighted by molar-refractivity contribution is 6.90. The first kappa shape index (κ1) is 29.6. The Morgan fingerprint density at radius 2 is 1.05 bits per heavy atom. The molecule has 9 aromatic carbocycles. The Morgan fingerprint density at radius 3 is 1.86 bits per heavy atom. The number of aromatic nitrogens is 1. The van der Waals surface area contributed by atoms with Gasteiger partial charge in [0.15, 0.2) is 0 Å². The summed E-state index contributed by atoms with van der Waals surface area (Å²) in [6.45, 7) is -0.165. The quantitative estimate of drug-likeness (QED) is 0.157. The van der Waals surface area contributed by atoms with Crippen LogP contribution in [0.15, 0.2) is 177 Å². The molecule has 0 saturated heterocycles. The lowest BCUT2D eigenvalue weighted by molar-refractivity contribution is 0.668. The van der Waals surface area contributed by atoms with Gasteiger partial charge in [-0.25, -0.2) is 0 Å². The largest absolute Gasteiger partial charge is 0.456 e. The van der Waals surface area contributed by atoms with Gasteiger partial charge >= 0.3 is 6.85 Å². The van der Waals surface area contributed by atoms with E-state index in [9.17, 15) is 0 Å². The van der Waals surface area contributed by atoms with Gasteiger partial charge in [0.05, 0.1) is 0 Å². The van der Waals surface area contributed by atoms with Crippen molar-refractivity contribution in [2.24, 2.45) is 0 Å². The highest BCUT2D eigenvalue weighted by atomic mass is 16.3. The molecule has 6 heterocycles.